The van der Waals surface area contributed by atoms with Gasteiger partial charge in [-0.05, 0) is 91.3 Å². The summed E-state index contributed by atoms with van der Waals surface area (Å²) in [6.07, 6.45) is 11.3. The number of methoxy groups -OCH3 is 1. The molecule has 0 saturated heterocycles. The first-order chi connectivity index (χ1) is 19.9. The fourth-order valence-corrected chi connectivity index (χ4v) is 12.0. The Hall–Kier alpha value is -0.543. The van der Waals surface area contributed by atoms with Crippen LogP contribution in [0.4, 0.5) is 4.39 Å². The maximum atomic E-state index is 16.0. The highest BCUT2D eigenvalue weighted by Crippen LogP contribution is 2.60. The second-order valence-corrected chi connectivity index (χ2v) is 23.3. The number of sulfone groups is 1. The van der Waals surface area contributed by atoms with Crippen LogP contribution in [0.1, 0.15) is 113 Å². The van der Waals surface area contributed by atoms with Gasteiger partial charge >= 0.3 is 0 Å². The summed E-state index contributed by atoms with van der Waals surface area (Å²) in [5, 5.41) is -0.926. The van der Waals surface area contributed by atoms with E-state index in [0.717, 1.165) is 25.2 Å². The Morgan fingerprint density at radius 1 is 1.14 bits per heavy atom. The van der Waals surface area contributed by atoms with Gasteiger partial charge in [-0.1, -0.05) is 79.4 Å². The smallest absolute Gasteiger partial charge is 0.225 e. The molecule has 5 nitrogen and oxygen atoms in total. The van der Waals surface area contributed by atoms with Crippen molar-refractivity contribution in [1.82, 2.24) is 0 Å². The quantitative estimate of drug-likeness (QED) is 0.128. The van der Waals surface area contributed by atoms with Crippen LogP contribution in [-0.2, 0) is 23.7 Å². The molecule has 4 aliphatic rings. The minimum Gasteiger partial charge on any atom is -0.414 e. The molecule has 0 aromatic carbocycles. The number of alkyl halides is 1. The van der Waals surface area contributed by atoms with E-state index >= 15 is 4.39 Å². The lowest BCUT2D eigenvalue weighted by molar-refractivity contribution is -0.0752. The van der Waals surface area contributed by atoms with Crippen LogP contribution in [0.5, 0.6) is 0 Å². The Kier molecular flexibility index (Phi) is 10.9. The first kappa shape index (κ1) is 35.3. The molecule has 8 heteroatoms. The van der Waals surface area contributed by atoms with Crippen molar-refractivity contribution in [3.8, 4) is 0 Å². The zero-order valence-electron chi connectivity index (χ0n) is 28.8. The second-order valence-electron chi connectivity index (χ2n) is 16.4. The zero-order chi connectivity index (χ0) is 32.0. The van der Waals surface area contributed by atoms with Crippen LogP contribution < -0.4 is 0 Å². The van der Waals surface area contributed by atoms with Crippen LogP contribution in [0.25, 0.3) is 0 Å². The third kappa shape index (κ3) is 7.08. The van der Waals surface area contributed by atoms with Gasteiger partial charge in [0.1, 0.15) is 12.0 Å². The average Bonchev–Trinajstić information content (AvgIpc) is 3.34. The van der Waals surface area contributed by atoms with Gasteiger partial charge in [-0.3, -0.25) is 0 Å². The molecule has 3 aliphatic carbocycles. The van der Waals surface area contributed by atoms with Crippen LogP contribution in [0, 0.1) is 29.1 Å². The Labute approximate surface area is 263 Å². The molecule has 0 spiro atoms. The minimum absolute atomic E-state index is 0.00773. The van der Waals surface area contributed by atoms with Crippen LogP contribution in [-0.4, -0.2) is 53.6 Å². The number of ether oxygens (including phenoxy) is 2. The van der Waals surface area contributed by atoms with Gasteiger partial charge in [0.15, 0.2) is 18.2 Å². The molecule has 0 radical (unpaired) electrons. The predicted molar refractivity (Wildman–Crippen MR) is 177 cm³/mol. The van der Waals surface area contributed by atoms with E-state index in [0.29, 0.717) is 41.7 Å². The van der Waals surface area contributed by atoms with E-state index in [2.05, 4.69) is 61.6 Å². The van der Waals surface area contributed by atoms with Crippen LogP contribution >= 0.6 is 0 Å². The van der Waals surface area contributed by atoms with Gasteiger partial charge in [0.25, 0.3) is 0 Å². The van der Waals surface area contributed by atoms with Crippen molar-refractivity contribution in [3.63, 3.8) is 0 Å². The third-order valence-corrected chi connectivity index (χ3v) is 18.6. The third-order valence-electron chi connectivity index (χ3n) is 12.1. The molecule has 2 fully saturated rings. The van der Waals surface area contributed by atoms with E-state index in [1.54, 1.807) is 0 Å². The zero-order valence-corrected chi connectivity index (χ0v) is 30.6. The molecule has 0 aromatic heterocycles. The summed E-state index contributed by atoms with van der Waals surface area (Å²) >= 11 is 0. The summed E-state index contributed by atoms with van der Waals surface area (Å²) in [5.74, 6) is 2.43. The van der Waals surface area contributed by atoms with Gasteiger partial charge < -0.3 is 13.9 Å². The molecular weight excluding hydrogens is 580 g/mol. The van der Waals surface area contributed by atoms with Gasteiger partial charge in [-0.2, -0.15) is 0 Å². The highest BCUT2D eigenvalue weighted by Gasteiger charge is 2.55. The van der Waals surface area contributed by atoms with Gasteiger partial charge in [0, 0.05) is 19.1 Å². The molecule has 4 rings (SSSR count). The van der Waals surface area contributed by atoms with Crippen LogP contribution in [0.15, 0.2) is 22.8 Å². The molecule has 1 heterocycles. The number of hydrogen-bond donors (Lipinski definition) is 0. The SMILES string of the molecule is COCO[C@H]1C[C@H](O[Si](C)(C)C(C)(C)C)CC2=C1[C@@H](F)S(=O)(=O)[C@@H]2/C=C1\CCC[C@]2(C)[C@@H]([C@H](C)CCCC(C)C)CC[C@@H]12. The molecular formula is C35H61FO5SSi. The molecule has 0 amide bonds. The largest absolute Gasteiger partial charge is 0.414 e. The van der Waals surface area contributed by atoms with Crippen molar-refractivity contribution >= 4 is 18.2 Å². The molecule has 0 N–H and O–H groups in total. The molecule has 0 bridgehead atoms. The summed E-state index contributed by atoms with van der Waals surface area (Å²) in [6.45, 7) is 20.5. The van der Waals surface area contributed by atoms with Gasteiger partial charge in [-0.25, -0.2) is 12.8 Å². The highest BCUT2D eigenvalue weighted by molar-refractivity contribution is 7.93. The molecule has 0 unspecified atom stereocenters. The maximum absolute atomic E-state index is 16.0. The van der Waals surface area contributed by atoms with Gasteiger partial charge in [0.05, 0.1) is 12.2 Å². The van der Waals surface area contributed by atoms with Crippen molar-refractivity contribution < 1.29 is 26.7 Å². The van der Waals surface area contributed by atoms with Gasteiger partial charge in [0.2, 0.25) is 5.50 Å². The standard InChI is InChI=1S/C35H61FO5SSi/c1-23(2)13-11-14-24(3)28-16-17-29-25(15-12-18-35(28,29)7)19-31-27-20-26(41-43(9,10)34(4,5)6)21-30(40-22-39-8)32(27)33(36)42(31,37)38/h19,23-24,26,28-31,33H,11-18,20-22H2,1-10H3/b25-19+/t24-,26-,28-,29+,30+,31-,33+,35-/m1/s1. The van der Waals surface area contributed by atoms with Crippen LogP contribution in [0.3, 0.4) is 0 Å². The highest BCUT2D eigenvalue weighted by atomic mass is 32.2. The normalized spacial score (nSPS) is 36.3. The maximum Gasteiger partial charge on any atom is 0.225 e. The van der Waals surface area contributed by atoms with Crippen molar-refractivity contribution in [2.75, 3.05) is 13.9 Å². The first-order valence-corrected chi connectivity index (χ1v) is 21.5. The number of allylic oxidation sites excluding steroid dienone is 1. The number of hydrogen-bond acceptors (Lipinski definition) is 5. The summed E-state index contributed by atoms with van der Waals surface area (Å²) in [4.78, 5) is 0. The van der Waals surface area contributed by atoms with Crippen molar-refractivity contribution in [1.29, 1.82) is 0 Å². The number of halogens is 1. The van der Waals surface area contributed by atoms with Crippen LogP contribution in [0.2, 0.25) is 18.1 Å². The average molecular weight is 641 g/mol. The van der Waals surface area contributed by atoms with E-state index in [4.69, 9.17) is 13.9 Å². The van der Waals surface area contributed by atoms with E-state index < -0.39 is 35.0 Å². The number of fused-ring (bicyclic) bond motifs is 1. The Morgan fingerprint density at radius 2 is 1.84 bits per heavy atom. The lowest BCUT2D eigenvalue weighted by atomic mass is 9.60. The van der Waals surface area contributed by atoms with E-state index in [9.17, 15) is 8.42 Å². The molecule has 8 atom stereocenters. The molecule has 1 aliphatic heterocycles. The molecule has 2 saturated carbocycles. The lowest BCUT2D eigenvalue weighted by Gasteiger charge is -2.45. The minimum atomic E-state index is -4.08. The molecule has 248 valence electrons. The topological polar surface area (TPSA) is 61.8 Å². The van der Waals surface area contributed by atoms with E-state index in [1.807, 2.05) is 6.08 Å². The fourth-order valence-electron chi connectivity index (χ4n) is 8.74. The summed E-state index contributed by atoms with van der Waals surface area (Å²) in [7, 11) is -4.69. The van der Waals surface area contributed by atoms with Crippen molar-refractivity contribution in [3.05, 3.63) is 22.8 Å². The van der Waals surface area contributed by atoms with Gasteiger partial charge in [-0.15, -0.1) is 0 Å². The fraction of sp³-hybridized carbons (Fsp3) is 0.886. The summed E-state index contributed by atoms with van der Waals surface area (Å²) < 4.78 is 61.7. The monoisotopic (exact) mass is 640 g/mol. The molecule has 0 aromatic rings. The number of rotatable bonds is 11. The van der Waals surface area contributed by atoms with E-state index in [-0.39, 0.29) is 23.4 Å². The Bertz CT molecular complexity index is 1160. The Morgan fingerprint density at radius 3 is 2.47 bits per heavy atom. The summed E-state index contributed by atoms with van der Waals surface area (Å²) in [5.41, 5.74) is 0.394. The first-order valence-electron chi connectivity index (χ1n) is 17.0. The van der Waals surface area contributed by atoms with Crippen molar-refractivity contribution in [2.45, 2.75) is 154 Å². The lowest BCUT2D eigenvalue weighted by Crippen LogP contribution is -2.46. The molecule has 43 heavy (non-hydrogen) atoms. The Balaban J connectivity index is 1.65. The summed E-state index contributed by atoms with van der Waals surface area (Å²) in [6, 6.07) is 0. The van der Waals surface area contributed by atoms with E-state index in [1.165, 1.54) is 44.8 Å². The second kappa shape index (κ2) is 13.3. The van der Waals surface area contributed by atoms with Crippen molar-refractivity contribution in [2.24, 2.45) is 29.1 Å². The predicted octanol–water partition coefficient (Wildman–Crippen LogP) is 9.15.